The van der Waals surface area contributed by atoms with Crippen LogP contribution in [0.4, 0.5) is 17.1 Å². The first-order valence-electron chi connectivity index (χ1n) is 13.8. The lowest BCUT2D eigenvalue weighted by atomic mass is 9.58. The highest BCUT2D eigenvalue weighted by Crippen LogP contribution is 2.54. The van der Waals surface area contributed by atoms with Gasteiger partial charge in [0.05, 0.1) is 27.1 Å². The average molecular weight is 658 g/mol. The Labute approximate surface area is 262 Å². The van der Waals surface area contributed by atoms with Crippen LogP contribution in [0.5, 0.6) is 5.75 Å². The van der Waals surface area contributed by atoms with Gasteiger partial charge in [-0.05, 0) is 50.6 Å². The van der Waals surface area contributed by atoms with Crippen LogP contribution in [-0.2, 0) is 26.0 Å². The van der Waals surface area contributed by atoms with Crippen LogP contribution < -0.4 is 15.4 Å². The number of sulfonamides is 1. The van der Waals surface area contributed by atoms with E-state index in [1.54, 1.807) is 19.0 Å². The molecule has 5 rings (SSSR count). The summed E-state index contributed by atoms with van der Waals surface area (Å²) < 4.78 is 28.7. The predicted octanol–water partition coefficient (Wildman–Crippen LogP) is 0.896. The quantitative estimate of drug-likeness (QED) is 0.105. The molecule has 0 fully saturated rings. The van der Waals surface area contributed by atoms with Gasteiger partial charge in [0.15, 0.2) is 17.1 Å². The summed E-state index contributed by atoms with van der Waals surface area (Å²) in [7, 11) is 1.70. The number of amides is 1. The number of likely N-dealkylation sites (N-methyl/N-ethyl adjacent to an activating group) is 1. The van der Waals surface area contributed by atoms with Crippen molar-refractivity contribution in [1.29, 1.82) is 0 Å². The van der Waals surface area contributed by atoms with Crippen molar-refractivity contribution >= 4 is 44.6 Å². The standard InChI is InChI=1S/C29H31N5O11S/c1-32(2)18-11-17(31-46(44,45)14-7-5-6-13(10-14)34(42)43)23(35)20-15(18)8-12-9-16-22(33(3)4)25(37)21(28(30)40)27(39)29(16,41)26(38)19(12)24(20)36/h5-7,10-12,16,22,31,35,37-38,41H,8-9H2,1-4H3,(H2,30,40)/t12?,16?,22-,29-/m0/s1. The first-order valence-corrected chi connectivity index (χ1v) is 15.3. The first-order chi connectivity index (χ1) is 21.3. The Kier molecular flexibility index (Phi) is 7.62. The molecule has 0 bridgehead atoms. The molecule has 2 aromatic rings. The van der Waals surface area contributed by atoms with Crippen molar-refractivity contribution in [3.63, 3.8) is 0 Å². The number of primary amides is 1. The summed E-state index contributed by atoms with van der Waals surface area (Å²) in [4.78, 5) is 52.8. The van der Waals surface area contributed by atoms with Crippen molar-refractivity contribution in [2.45, 2.75) is 29.4 Å². The molecule has 0 radical (unpaired) electrons. The van der Waals surface area contributed by atoms with Crippen LogP contribution in [0, 0.1) is 22.0 Å². The van der Waals surface area contributed by atoms with Gasteiger partial charge >= 0.3 is 0 Å². The van der Waals surface area contributed by atoms with Crippen LogP contribution in [0.3, 0.4) is 0 Å². The monoisotopic (exact) mass is 657 g/mol. The van der Waals surface area contributed by atoms with Gasteiger partial charge in [0.25, 0.3) is 21.6 Å². The number of rotatable bonds is 7. The zero-order chi connectivity index (χ0) is 34.2. The number of aromatic hydroxyl groups is 1. The number of hydrogen-bond donors (Lipinski definition) is 6. The molecule has 1 amide bonds. The largest absolute Gasteiger partial charge is 0.510 e. The van der Waals surface area contributed by atoms with Gasteiger partial charge in [0.2, 0.25) is 5.78 Å². The van der Waals surface area contributed by atoms with E-state index in [2.05, 4.69) is 4.72 Å². The molecule has 2 aromatic carbocycles. The molecule has 0 aliphatic heterocycles. The SMILES string of the molecule is CN(C)c1cc(NS(=O)(=O)c2cccc([N+](=O)[O-])c2)c(O)c2c1CC1CC3[C@H](N(C)C)C(O)=C(C(N)=O)C(=O)[C@@]3(O)C(O)=C1C2=O. The van der Waals surface area contributed by atoms with Crippen molar-refractivity contribution in [2.75, 3.05) is 37.8 Å². The first kappa shape index (κ1) is 32.4. The third kappa shape index (κ3) is 4.65. The number of aliphatic hydroxyl groups is 3. The Bertz CT molecular complexity index is 1920. The molecule has 4 atom stereocenters. The molecule has 3 aliphatic carbocycles. The number of carbonyl (C=O) groups is 3. The van der Waals surface area contributed by atoms with Gasteiger partial charge in [0, 0.05) is 43.4 Å². The van der Waals surface area contributed by atoms with Gasteiger partial charge in [-0.25, -0.2) is 8.42 Å². The molecule has 46 heavy (non-hydrogen) atoms. The number of nitrogens with two attached hydrogens (primary N) is 1. The average Bonchev–Trinajstić information content (AvgIpc) is 2.95. The van der Waals surface area contributed by atoms with Crippen LogP contribution in [0.1, 0.15) is 22.3 Å². The maximum atomic E-state index is 14.1. The zero-order valence-electron chi connectivity index (χ0n) is 25.0. The van der Waals surface area contributed by atoms with E-state index in [0.717, 1.165) is 24.3 Å². The summed E-state index contributed by atoms with van der Waals surface area (Å²) in [5, 5.41) is 56.7. The summed E-state index contributed by atoms with van der Waals surface area (Å²) in [6.07, 6.45) is -0.145. The van der Waals surface area contributed by atoms with Gasteiger partial charge in [-0.15, -0.1) is 0 Å². The smallest absolute Gasteiger partial charge is 0.270 e. The number of benzene rings is 2. The topological polar surface area (TPSA) is 254 Å². The Balaban J connectivity index is 1.68. The molecule has 244 valence electrons. The Morgan fingerprint density at radius 2 is 1.78 bits per heavy atom. The van der Waals surface area contributed by atoms with Crippen LogP contribution in [0.15, 0.2) is 57.9 Å². The lowest BCUT2D eigenvalue weighted by Gasteiger charge is -2.50. The number of nitro groups is 1. The molecule has 0 spiro atoms. The Morgan fingerprint density at radius 3 is 2.35 bits per heavy atom. The third-order valence-electron chi connectivity index (χ3n) is 8.76. The normalized spacial score (nSPS) is 24.3. The molecule has 0 aromatic heterocycles. The van der Waals surface area contributed by atoms with Crippen molar-refractivity contribution in [2.24, 2.45) is 17.6 Å². The van der Waals surface area contributed by atoms with Crippen LogP contribution in [-0.4, -0.2) is 96.0 Å². The molecule has 17 heteroatoms. The molecule has 2 unspecified atom stereocenters. The zero-order valence-corrected chi connectivity index (χ0v) is 25.8. The number of hydrogen-bond acceptors (Lipinski definition) is 13. The second-order valence-corrected chi connectivity index (χ2v) is 13.5. The van der Waals surface area contributed by atoms with Gasteiger partial charge in [0.1, 0.15) is 17.1 Å². The maximum Gasteiger partial charge on any atom is 0.270 e. The molecule has 7 N–H and O–H groups in total. The predicted molar refractivity (Wildman–Crippen MR) is 162 cm³/mol. The van der Waals surface area contributed by atoms with Crippen LogP contribution in [0.25, 0.3) is 0 Å². The molecular weight excluding hydrogens is 626 g/mol. The highest BCUT2D eigenvalue weighted by Gasteiger charge is 2.63. The summed E-state index contributed by atoms with van der Waals surface area (Å²) >= 11 is 0. The highest BCUT2D eigenvalue weighted by molar-refractivity contribution is 7.92. The minimum atomic E-state index is -4.55. The number of aliphatic hydroxyl groups excluding tert-OH is 2. The van der Waals surface area contributed by atoms with Crippen molar-refractivity contribution in [3.8, 4) is 5.75 Å². The van der Waals surface area contributed by atoms with Gasteiger partial charge < -0.3 is 31.1 Å². The van der Waals surface area contributed by atoms with Crippen molar-refractivity contribution < 1.29 is 48.2 Å². The molecule has 3 aliphatic rings. The summed E-state index contributed by atoms with van der Waals surface area (Å²) in [6, 6.07) is 4.30. The highest BCUT2D eigenvalue weighted by atomic mass is 32.2. The Hall–Kier alpha value is -5.00. The number of ketones is 2. The van der Waals surface area contributed by atoms with E-state index in [4.69, 9.17) is 5.73 Å². The van der Waals surface area contributed by atoms with Gasteiger partial charge in [-0.2, -0.15) is 0 Å². The van der Waals surface area contributed by atoms with Gasteiger partial charge in [-0.3, -0.25) is 34.1 Å². The second kappa shape index (κ2) is 10.8. The molecule has 0 saturated heterocycles. The molecule has 0 heterocycles. The minimum absolute atomic E-state index is 0.0203. The van der Waals surface area contributed by atoms with Crippen molar-refractivity contribution in [1.82, 2.24) is 4.90 Å². The number of nitro benzene ring substituents is 1. The lowest BCUT2D eigenvalue weighted by Crippen LogP contribution is -2.63. The summed E-state index contributed by atoms with van der Waals surface area (Å²) in [6.45, 7) is 0. The number of phenolic OH excluding ortho intramolecular Hbond substituents is 1. The fourth-order valence-corrected chi connectivity index (χ4v) is 7.84. The number of non-ortho nitro benzene ring substituents is 1. The number of fused-ring (bicyclic) bond motifs is 3. The number of allylic oxidation sites excluding steroid dienone is 1. The maximum absolute atomic E-state index is 14.1. The number of anilines is 2. The van der Waals surface area contributed by atoms with E-state index < -0.39 is 106 Å². The third-order valence-corrected chi connectivity index (χ3v) is 10.1. The fraction of sp³-hybridized carbons (Fsp3) is 0.345. The van der Waals surface area contributed by atoms with E-state index >= 15 is 0 Å². The number of nitrogens with one attached hydrogen (secondary N) is 1. The van der Waals surface area contributed by atoms with E-state index in [1.807, 2.05) is 0 Å². The van der Waals surface area contributed by atoms with E-state index in [1.165, 1.54) is 25.1 Å². The molecule has 0 saturated carbocycles. The van der Waals surface area contributed by atoms with E-state index in [-0.39, 0.29) is 18.4 Å². The summed E-state index contributed by atoms with van der Waals surface area (Å²) in [5.41, 5.74) is 0.367. The second-order valence-electron chi connectivity index (χ2n) is 11.9. The Morgan fingerprint density at radius 1 is 1.13 bits per heavy atom. The minimum Gasteiger partial charge on any atom is -0.510 e. The number of carbonyl (C=O) groups excluding carboxylic acids is 3. The van der Waals surface area contributed by atoms with E-state index in [0.29, 0.717) is 5.69 Å². The molecule has 16 nitrogen and oxygen atoms in total. The van der Waals surface area contributed by atoms with Crippen LogP contribution >= 0.6 is 0 Å². The number of phenols is 1. The van der Waals surface area contributed by atoms with Gasteiger partial charge in [-0.1, -0.05) is 6.07 Å². The van der Waals surface area contributed by atoms with E-state index in [9.17, 15) is 53.3 Å². The number of Topliss-reactive ketones (excluding diaryl/α,β-unsaturated/α-hetero) is 2. The number of nitrogens with zero attached hydrogens (tertiary/aromatic N) is 3. The fourth-order valence-electron chi connectivity index (χ4n) is 6.74. The van der Waals surface area contributed by atoms with Crippen molar-refractivity contribution in [3.05, 3.63) is 74.2 Å². The molecular formula is C29H31N5O11S. The van der Waals surface area contributed by atoms with Crippen LogP contribution in [0.2, 0.25) is 0 Å². The summed E-state index contributed by atoms with van der Waals surface area (Å²) in [5.74, 6) is -8.39. The lowest BCUT2D eigenvalue weighted by molar-refractivity contribution is -0.385.